The van der Waals surface area contributed by atoms with Crippen molar-refractivity contribution >= 4 is 153 Å². The second-order valence-electron chi connectivity index (χ2n) is 25.8. The van der Waals surface area contributed by atoms with E-state index in [0.717, 1.165) is 36.4 Å². The molecule has 0 spiro atoms. The van der Waals surface area contributed by atoms with Crippen molar-refractivity contribution < 1.29 is 33.4 Å². The lowest BCUT2D eigenvalue weighted by molar-refractivity contribution is -0.119. The van der Waals surface area contributed by atoms with E-state index in [1.54, 1.807) is 37.3 Å². The van der Waals surface area contributed by atoms with Crippen molar-refractivity contribution in [3.8, 4) is 5.75 Å². The van der Waals surface area contributed by atoms with Crippen LogP contribution in [0, 0.1) is 43.9 Å². The van der Waals surface area contributed by atoms with E-state index in [2.05, 4.69) is 275 Å². The van der Waals surface area contributed by atoms with Crippen LogP contribution in [0.3, 0.4) is 0 Å². The van der Waals surface area contributed by atoms with Gasteiger partial charge in [-0.25, -0.2) is 0 Å². The number of hydrogen-bond donors (Lipinski definition) is 3. The van der Waals surface area contributed by atoms with Crippen LogP contribution < -0.4 is 5.73 Å². The van der Waals surface area contributed by atoms with Crippen LogP contribution in [-0.4, -0.2) is 45.5 Å². The number of imide groups is 1. The molecule has 1 aliphatic heterocycles. The molecule has 10 rings (SSSR count). The van der Waals surface area contributed by atoms with Crippen molar-refractivity contribution in [2.75, 3.05) is 0 Å². The highest BCUT2D eigenvalue weighted by molar-refractivity contribution is 14.1. The molecule has 2 amide bonds. The third-order valence-corrected chi connectivity index (χ3v) is 23.2. The van der Waals surface area contributed by atoms with Crippen LogP contribution in [0.25, 0.3) is 0 Å². The minimum Gasteiger partial charge on any atom is -0.506 e. The largest absolute Gasteiger partial charge is 0.506 e. The monoisotopic (exact) mass is 1930 g/mol. The van der Waals surface area contributed by atoms with Crippen LogP contribution in [0.5, 0.6) is 5.75 Å². The maximum Gasteiger partial charge on any atom is 0.261 e. The average molecular weight is 1930 g/mol. The van der Waals surface area contributed by atoms with Gasteiger partial charge in [0.15, 0.2) is 0 Å². The molecule has 1 fully saturated rings. The van der Waals surface area contributed by atoms with E-state index >= 15 is 0 Å². The van der Waals surface area contributed by atoms with Crippen LogP contribution in [0.4, 0.5) is 0 Å². The van der Waals surface area contributed by atoms with Gasteiger partial charge in [0, 0.05) is 39.4 Å². The Hall–Kier alpha value is -3.28. The zero-order chi connectivity index (χ0) is 69.1. The topological polar surface area (TPSA) is 160 Å². The molecule has 93 heavy (non-hydrogen) atoms. The predicted molar refractivity (Wildman–Crippen MR) is 432 cm³/mol. The van der Waals surface area contributed by atoms with Crippen molar-refractivity contribution in [3.05, 3.63) is 240 Å². The minimum absolute atomic E-state index is 0.118. The number of carbonyl (C=O) groups is 3. The molecular formula is C77H93I6N3O7. The summed E-state index contributed by atoms with van der Waals surface area (Å²) in [6.45, 7) is 29.5. The number of nitrogens with zero attached hydrogens (tertiary/aromatic N) is 2. The Kier molecular flexibility index (Phi) is 32.5. The lowest BCUT2D eigenvalue weighted by Crippen LogP contribution is -2.31. The maximum absolute atomic E-state index is 12.6. The second kappa shape index (κ2) is 37.6. The number of pyridine rings is 1. The number of nitrogens with two attached hydrogens (primary N) is 1. The molecule has 2 aliphatic rings. The molecule has 8 aromatic rings. The zero-order valence-corrected chi connectivity index (χ0v) is 69.1. The van der Waals surface area contributed by atoms with Crippen molar-refractivity contribution in [1.82, 2.24) is 9.88 Å². The molecule has 0 saturated heterocycles. The van der Waals surface area contributed by atoms with Crippen LogP contribution >= 0.6 is 136 Å². The number of benzene rings is 5. The Balaban J connectivity index is 0.000000215. The van der Waals surface area contributed by atoms with Gasteiger partial charge in [-0.2, -0.15) is 0 Å². The molecule has 16 heteroatoms. The summed E-state index contributed by atoms with van der Waals surface area (Å²) in [5.74, 6) is 4.97. The molecule has 5 aromatic carbocycles. The number of aliphatic hydroxyl groups is 1. The van der Waals surface area contributed by atoms with Crippen LogP contribution in [0.15, 0.2) is 173 Å². The van der Waals surface area contributed by atoms with Gasteiger partial charge >= 0.3 is 0 Å². The first-order valence-corrected chi connectivity index (χ1v) is 38.6. The predicted octanol–water partition coefficient (Wildman–Crippen LogP) is 21.7. The number of Topliss-reactive ketones (excluding diaryl/α,β-unsaturated/α-hetero) is 1. The van der Waals surface area contributed by atoms with E-state index in [1.807, 2.05) is 83.1 Å². The van der Waals surface area contributed by atoms with Gasteiger partial charge < -0.3 is 24.8 Å². The minimum atomic E-state index is -0.718. The molecule has 0 radical (unpaired) electrons. The van der Waals surface area contributed by atoms with Crippen molar-refractivity contribution in [2.45, 2.75) is 166 Å². The fourth-order valence-corrected chi connectivity index (χ4v) is 13.3. The maximum atomic E-state index is 12.6. The number of ketones is 1. The highest BCUT2D eigenvalue weighted by Crippen LogP contribution is 2.42. The highest BCUT2D eigenvalue weighted by Gasteiger charge is 2.38. The summed E-state index contributed by atoms with van der Waals surface area (Å²) >= 11 is 14.3. The fraction of sp³-hybridized carbons (Fsp3) is 0.403. The zero-order valence-electron chi connectivity index (χ0n) is 56.1. The van der Waals surface area contributed by atoms with Gasteiger partial charge in [-0.1, -0.05) is 175 Å². The summed E-state index contributed by atoms with van der Waals surface area (Å²) in [6.07, 6.45) is 7.33. The molecule has 3 aromatic heterocycles. The Morgan fingerprint density at radius 3 is 1.37 bits per heavy atom. The normalized spacial score (nSPS) is 16.6. The van der Waals surface area contributed by atoms with Gasteiger partial charge in [-0.15, -0.1) is 0 Å². The smallest absolute Gasteiger partial charge is 0.261 e. The number of halogens is 6. The number of carbonyl (C=O) groups excluding carboxylic acids is 3. The molecule has 1 aliphatic carbocycles. The van der Waals surface area contributed by atoms with E-state index in [1.165, 1.54) is 67.8 Å². The summed E-state index contributed by atoms with van der Waals surface area (Å²) in [6, 6.07) is 52.1. The van der Waals surface area contributed by atoms with E-state index in [0.29, 0.717) is 41.2 Å². The Morgan fingerprint density at radius 2 is 0.989 bits per heavy atom. The van der Waals surface area contributed by atoms with Gasteiger partial charge in [-0.3, -0.25) is 24.3 Å². The lowest BCUT2D eigenvalue weighted by Gasteiger charge is -2.34. The number of hydrogen-bond acceptors (Lipinski definition) is 9. The summed E-state index contributed by atoms with van der Waals surface area (Å²) in [7, 11) is 0. The number of fused-ring (bicyclic) bond motifs is 1. The molecule has 4 N–H and O–H groups in total. The van der Waals surface area contributed by atoms with E-state index in [4.69, 9.17) is 14.6 Å². The molecule has 0 bridgehead atoms. The van der Waals surface area contributed by atoms with Gasteiger partial charge in [-0.05, 0) is 287 Å². The second-order valence-corrected chi connectivity index (χ2v) is 34.3. The molecule has 500 valence electrons. The van der Waals surface area contributed by atoms with Crippen molar-refractivity contribution in [1.29, 1.82) is 0 Å². The summed E-state index contributed by atoms with van der Waals surface area (Å²) in [4.78, 5) is 41.0. The molecule has 4 atom stereocenters. The number of aromatic nitrogens is 1. The molecular weight excluding hydrogens is 1840 g/mol. The van der Waals surface area contributed by atoms with Gasteiger partial charge in [0.05, 0.1) is 47.1 Å². The quantitative estimate of drug-likeness (QED) is 0.0516. The van der Waals surface area contributed by atoms with Gasteiger partial charge in [0.2, 0.25) is 0 Å². The molecule has 4 unspecified atom stereocenters. The Bertz CT molecular complexity index is 3500. The number of furan rings is 2. The SMILES string of the molecule is CC(=O)C(C)C.CC(C)C(C)(O)c1ccc(I)cc1.CC(C)C(C)(c1ccc(I)cc1)c1ccc(CN)o1.CC(C)C(C)(c1ccc(I)cc1)c1ccc(O)cn1.CC(C)C(c1ccc(I)cc1)c1ccc(CN2C(=O)c3ccccc3C2=O)o1.IC1CCC(I)CC1. The Labute approximate surface area is 636 Å². The first kappa shape index (κ1) is 80.4. The first-order chi connectivity index (χ1) is 43.7. The molecule has 1 saturated carbocycles. The number of aromatic hydroxyl groups is 1. The summed E-state index contributed by atoms with van der Waals surface area (Å²) < 4.78 is 18.8. The fourth-order valence-electron chi connectivity index (χ4n) is 10.5. The van der Waals surface area contributed by atoms with Gasteiger partial charge in [0.25, 0.3) is 11.8 Å². The Morgan fingerprint density at radius 1 is 0.570 bits per heavy atom. The van der Waals surface area contributed by atoms with E-state index in [9.17, 15) is 24.6 Å². The van der Waals surface area contributed by atoms with Crippen LogP contribution in [-0.2, 0) is 34.3 Å². The number of amides is 2. The molecule has 10 nitrogen and oxygen atoms in total. The van der Waals surface area contributed by atoms with Crippen LogP contribution in [0.1, 0.15) is 200 Å². The standard InChI is InChI=1S/C23H20INO3.C16H20INO.C16H18INO.C11H15IO.C6H10I2.C5H10O/c1-14(2)21(15-7-9-16(24)10-8-15)20-12-11-17(28-20)13-25-22(26)18-5-3-4-6-19(18)23(25)27;1-11(2)16(3,12-4-6-13(17)7-5-12)15-9-8-14(10-18)19-15;1-11(2)16(3,12-4-6-13(17)7-5-12)15-9-8-14(19)10-18-15;1-8(2)11(3,13)9-4-6-10(12)7-5-9;7-5-1-2-6(8)4-3-5;1-4(2)5(3)6/h3-12,14,21H,13H2,1-2H3;4-9,11H,10,18H2,1-3H3;4-11,19H,1-3H3;4-8,13H,1-3H3;5-6H,1-4H2;4H,1-3H3. The van der Waals surface area contributed by atoms with Crippen molar-refractivity contribution in [3.63, 3.8) is 0 Å². The van der Waals surface area contributed by atoms with E-state index in [-0.39, 0.29) is 58.5 Å². The van der Waals surface area contributed by atoms with E-state index < -0.39 is 5.60 Å². The average Bonchev–Trinajstić information content (AvgIpc) is 1.80. The summed E-state index contributed by atoms with van der Waals surface area (Å²) in [5.41, 5.74) is 11.3. The van der Waals surface area contributed by atoms with Gasteiger partial charge in [0.1, 0.15) is 34.6 Å². The third kappa shape index (κ3) is 22.6. The first-order valence-electron chi connectivity index (χ1n) is 31.8. The number of rotatable bonds is 15. The lowest BCUT2D eigenvalue weighted by atomic mass is 9.71. The highest BCUT2D eigenvalue weighted by atomic mass is 127. The third-order valence-electron chi connectivity index (χ3n) is 17.9. The molecule has 4 heterocycles. The van der Waals surface area contributed by atoms with Crippen molar-refractivity contribution in [2.24, 2.45) is 35.3 Å². The van der Waals surface area contributed by atoms with Crippen LogP contribution in [0.2, 0.25) is 0 Å². The summed E-state index contributed by atoms with van der Waals surface area (Å²) in [5, 5.41) is 19.6. The number of alkyl halides is 2.